The van der Waals surface area contributed by atoms with Gasteiger partial charge in [-0.15, -0.1) is 0 Å². The van der Waals surface area contributed by atoms with E-state index in [1.807, 2.05) is 32.0 Å². The molecule has 7 heteroatoms. The van der Waals surface area contributed by atoms with Gasteiger partial charge in [0.25, 0.3) is 5.69 Å². The van der Waals surface area contributed by atoms with Crippen LogP contribution in [0.3, 0.4) is 0 Å². The summed E-state index contributed by atoms with van der Waals surface area (Å²) in [5.74, 6) is -0.572. The molecule has 138 valence electrons. The Bertz CT molecular complexity index is 965. The molecule has 1 aromatic carbocycles. The lowest BCUT2D eigenvalue weighted by atomic mass is 10.0. The molecular formula is C19H22N2O4S. The van der Waals surface area contributed by atoms with Crippen LogP contribution in [0.1, 0.15) is 28.5 Å². The van der Waals surface area contributed by atoms with Crippen LogP contribution < -0.4 is 10.0 Å². The number of carbonyl (C=O) groups is 1. The fraction of sp³-hybridized carbons (Fsp3) is 0.263. The first kappa shape index (κ1) is 19.7. The van der Waals surface area contributed by atoms with Crippen LogP contribution in [-0.2, 0) is 9.84 Å². The molecule has 1 aromatic heterocycles. The first-order valence-corrected chi connectivity index (χ1v) is 10.0. The van der Waals surface area contributed by atoms with Crippen LogP contribution in [0.2, 0.25) is 0 Å². The van der Waals surface area contributed by atoms with Gasteiger partial charge in [0, 0.05) is 29.3 Å². The highest BCUT2D eigenvalue weighted by Gasteiger charge is 2.18. The molecule has 0 spiro atoms. The number of nitrogens with zero attached hydrogens (tertiary/aromatic N) is 1. The molecule has 0 saturated heterocycles. The summed E-state index contributed by atoms with van der Waals surface area (Å²) in [5.41, 5.74) is 3.83. The number of carbonyl (C=O) groups excluding carboxylic acids is 1. The average Bonchev–Trinajstić information content (AvgIpc) is 2.54. The largest absolute Gasteiger partial charge is 0.618 e. The lowest BCUT2D eigenvalue weighted by Crippen LogP contribution is -2.41. The van der Waals surface area contributed by atoms with Gasteiger partial charge >= 0.3 is 5.91 Å². The van der Waals surface area contributed by atoms with Crippen LogP contribution in [0.4, 0.5) is 0 Å². The number of rotatable bonds is 5. The zero-order valence-electron chi connectivity index (χ0n) is 15.2. The Balaban J connectivity index is 2.19. The quantitative estimate of drug-likeness (QED) is 0.642. The van der Waals surface area contributed by atoms with Crippen LogP contribution >= 0.6 is 0 Å². The third-order valence-electron chi connectivity index (χ3n) is 3.96. The van der Waals surface area contributed by atoms with E-state index < -0.39 is 21.8 Å². The Hall–Kier alpha value is -2.67. The first-order valence-electron chi connectivity index (χ1n) is 8.07. The average molecular weight is 374 g/mol. The molecule has 0 fully saturated rings. The summed E-state index contributed by atoms with van der Waals surface area (Å²) < 4.78 is 22.7. The standard InChI is InChI=1S/C19H22N2O4S/c1-13-5-6-16(11-14(13)2)17-7-8-18(21(23)12-17)19(22)20-15(3)9-10-26(4,24)25/h5-12,15H,1-4H3,(H,20,22)/b10-9-/t15-/m1/s1. The molecule has 1 atom stereocenters. The summed E-state index contributed by atoms with van der Waals surface area (Å²) in [4.78, 5) is 12.2. The van der Waals surface area contributed by atoms with E-state index in [9.17, 15) is 18.4 Å². The summed E-state index contributed by atoms with van der Waals surface area (Å²) in [6.45, 7) is 5.63. The molecule has 1 amide bonds. The minimum Gasteiger partial charge on any atom is -0.618 e. The van der Waals surface area contributed by atoms with Crippen molar-refractivity contribution < 1.29 is 17.9 Å². The van der Waals surface area contributed by atoms with Gasteiger partial charge in [0.2, 0.25) is 0 Å². The topological polar surface area (TPSA) is 90.2 Å². The predicted octanol–water partition coefficient (Wildman–Crippen LogP) is 2.28. The van der Waals surface area contributed by atoms with Crippen LogP contribution in [-0.4, -0.2) is 26.6 Å². The van der Waals surface area contributed by atoms with E-state index in [2.05, 4.69) is 5.32 Å². The Kier molecular flexibility index (Phi) is 5.82. The number of hydrogen-bond donors (Lipinski definition) is 1. The number of benzene rings is 1. The fourth-order valence-electron chi connectivity index (χ4n) is 2.34. The molecule has 0 bridgehead atoms. The lowest BCUT2D eigenvalue weighted by molar-refractivity contribution is -0.607. The minimum absolute atomic E-state index is 0.0582. The predicted molar refractivity (Wildman–Crippen MR) is 101 cm³/mol. The van der Waals surface area contributed by atoms with Crippen molar-refractivity contribution in [1.29, 1.82) is 0 Å². The van der Waals surface area contributed by atoms with Gasteiger partial charge in [-0.05, 0) is 43.5 Å². The number of pyridine rings is 1. The van der Waals surface area contributed by atoms with Gasteiger partial charge < -0.3 is 10.5 Å². The molecule has 0 aliphatic rings. The molecule has 26 heavy (non-hydrogen) atoms. The Morgan fingerprint density at radius 2 is 1.81 bits per heavy atom. The van der Waals surface area contributed by atoms with E-state index in [4.69, 9.17) is 0 Å². The third-order valence-corrected chi connectivity index (χ3v) is 4.61. The number of nitrogens with one attached hydrogen (secondary N) is 1. The number of aryl methyl sites for hydroxylation is 2. The van der Waals surface area contributed by atoms with Crippen molar-refractivity contribution >= 4 is 15.7 Å². The zero-order chi connectivity index (χ0) is 19.5. The third kappa shape index (κ3) is 5.16. The van der Waals surface area contributed by atoms with Crippen LogP contribution in [0, 0.1) is 19.1 Å². The molecule has 2 aromatic rings. The maximum absolute atomic E-state index is 12.2. The van der Waals surface area contributed by atoms with Crippen molar-refractivity contribution in [2.45, 2.75) is 26.8 Å². The molecule has 0 radical (unpaired) electrons. The fourth-order valence-corrected chi connectivity index (χ4v) is 2.86. The Morgan fingerprint density at radius 3 is 2.38 bits per heavy atom. The summed E-state index contributed by atoms with van der Waals surface area (Å²) in [5, 5.41) is 15.8. The zero-order valence-corrected chi connectivity index (χ0v) is 16.0. The molecular weight excluding hydrogens is 352 g/mol. The number of hydrogen-bond acceptors (Lipinski definition) is 4. The first-order chi connectivity index (χ1) is 12.1. The highest BCUT2D eigenvalue weighted by atomic mass is 32.2. The second-order valence-electron chi connectivity index (χ2n) is 6.35. The Morgan fingerprint density at radius 1 is 1.15 bits per heavy atom. The van der Waals surface area contributed by atoms with E-state index in [1.54, 1.807) is 13.0 Å². The molecule has 0 aliphatic carbocycles. The van der Waals surface area contributed by atoms with Crippen LogP contribution in [0.25, 0.3) is 11.1 Å². The van der Waals surface area contributed by atoms with Crippen molar-refractivity contribution in [2.75, 3.05) is 6.26 Å². The SMILES string of the molecule is Cc1ccc(-c2ccc(C(=O)N[C@H](C)/C=C\S(C)(=O)=O)[n+]([O-])c2)cc1C. The van der Waals surface area contributed by atoms with E-state index in [0.29, 0.717) is 10.3 Å². The maximum Gasteiger partial charge on any atom is 0.317 e. The van der Waals surface area contributed by atoms with Gasteiger partial charge in [-0.3, -0.25) is 4.79 Å². The second-order valence-corrected chi connectivity index (χ2v) is 8.28. The van der Waals surface area contributed by atoms with Crippen molar-refractivity contribution in [3.63, 3.8) is 0 Å². The van der Waals surface area contributed by atoms with Gasteiger partial charge in [0.05, 0.1) is 0 Å². The molecule has 1 heterocycles. The summed E-state index contributed by atoms with van der Waals surface area (Å²) in [6, 6.07) is 8.54. The molecule has 0 saturated carbocycles. The minimum atomic E-state index is -3.27. The van der Waals surface area contributed by atoms with Crippen LogP contribution in [0.5, 0.6) is 0 Å². The van der Waals surface area contributed by atoms with E-state index in [-0.39, 0.29) is 5.69 Å². The molecule has 2 rings (SSSR count). The lowest BCUT2D eigenvalue weighted by Gasteiger charge is -2.11. The molecule has 6 nitrogen and oxygen atoms in total. The number of aromatic nitrogens is 1. The van der Waals surface area contributed by atoms with Crippen molar-refractivity contribution in [3.05, 3.63) is 70.0 Å². The van der Waals surface area contributed by atoms with E-state index >= 15 is 0 Å². The smallest absolute Gasteiger partial charge is 0.317 e. The van der Waals surface area contributed by atoms with Gasteiger partial charge in [0.1, 0.15) is 0 Å². The molecule has 0 aliphatic heterocycles. The van der Waals surface area contributed by atoms with Crippen molar-refractivity contribution in [2.24, 2.45) is 0 Å². The molecule has 0 unspecified atom stereocenters. The van der Waals surface area contributed by atoms with Crippen molar-refractivity contribution in [3.8, 4) is 11.1 Å². The van der Waals surface area contributed by atoms with E-state index in [1.165, 1.54) is 18.3 Å². The maximum atomic E-state index is 12.2. The van der Waals surface area contributed by atoms with Crippen molar-refractivity contribution in [1.82, 2.24) is 5.32 Å². The number of amides is 1. The van der Waals surface area contributed by atoms with Gasteiger partial charge in [0.15, 0.2) is 16.0 Å². The van der Waals surface area contributed by atoms with Crippen LogP contribution in [0.15, 0.2) is 48.0 Å². The van der Waals surface area contributed by atoms with Gasteiger partial charge in [-0.1, -0.05) is 24.3 Å². The van der Waals surface area contributed by atoms with E-state index in [0.717, 1.165) is 28.4 Å². The highest BCUT2D eigenvalue weighted by Crippen LogP contribution is 2.21. The Labute approximate surface area is 153 Å². The second kappa shape index (κ2) is 7.70. The normalized spacial score (nSPS) is 12.9. The van der Waals surface area contributed by atoms with Gasteiger partial charge in [-0.25, -0.2) is 8.42 Å². The summed E-state index contributed by atoms with van der Waals surface area (Å²) >= 11 is 0. The molecule has 1 N–H and O–H groups in total. The summed E-state index contributed by atoms with van der Waals surface area (Å²) in [7, 11) is -3.27. The van der Waals surface area contributed by atoms with Gasteiger partial charge in [-0.2, -0.15) is 4.73 Å². The monoisotopic (exact) mass is 374 g/mol. The highest BCUT2D eigenvalue weighted by molar-refractivity contribution is 7.93. The number of sulfone groups is 1. The summed E-state index contributed by atoms with van der Waals surface area (Å²) in [6.07, 6.45) is 3.77.